The quantitative estimate of drug-likeness (QED) is 0.855. The van der Waals surface area contributed by atoms with Gasteiger partial charge in [-0.2, -0.15) is 0 Å². The molecule has 2 nitrogen and oxygen atoms in total. The molecule has 1 N–H and O–H groups in total. The van der Waals surface area contributed by atoms with E-state index < -0.39 is 0 Å². The Balaban J connectivity index is 2.02. The Bertz CT molecular complexity index is 381. The number of rotatable bonds is 5. The third kappa shape index (κ3) is 3.56. The van der Waals surface area contributed by atoms with Gasteiger partial charge in [0, 0.05) is 18.4 Å². The van der Waals surface area contributed by atoms with Crippen LogP contribution < -0.4 is 5.32 Å². The second-order valence-electron chi connectivity index (χ2n) is 6.07. The molecule has 0 saturated heterocycles. The minimum atomic E-state index is 0.483. The Kier molecular flexibility index (Phi) is 5.38. The molecule has 1 fully saturated rings. The maximum atomic E-state index is 4.31. The van der Waals surface area contributed by atoms with Gasteiger partial charge in [0.25, 0.3) is 0 Å². The van der Waals surface area contributed by atoms with Crippen LogP contribution >= 0.6 is 0 Å². The van der Waals surface area contributed by atoms with Gasteiger partial charge in [-0.3, -0.25) is 4.98 Å². The van der Waals surface area contributed by atoms with Crippen LogP contribution in [0.2, 0.25) is 0 Å². The molecule has 0 aromatic carbocycles. The molecular weight excluding hydrogens is 232 g/mol. The van der Waals surface area contributed by atoms with Crippen molar-refractivity contribution in [3.63, 3.8) is 0 Å². The van der Waals surface area contributed by atoms with Gasteiger partial charge >= 0.3 is 0 Å². The molecule has 1 unspecified atom stereocenters. The van der Waals surface area contributed by atoms with Crippen LogP contribution in [-0.4, -0.2) is 12.0 Å². The summed E-state index contributed by atoms with van der Waals surface area (Å²) in [5, 5.41) is 3.54. The summed E-state index contributed by atoms with van der Waals surface area (Å²) in [6.45, 7) is 4.51. The van der Waals surface area contributed by atoms with Crippen LogP contribution in [0.15, 0.2) is 18.5 Å². The third-order valence-electron chi connectivity index (χ3n) is 4.79. The monoisotopic (exact) mass is 260 g/mol. The van der Waals surface area contributed by atoms with Crippen LogP contribution in [-0.2, 0) is 0 Å². The van der Waals surface area contributed by atoms with Gasteiger partial charge in [-0.1, -0.05) is 32.6 Å². The molecular formula is C17H28N2. The average Bonchev–Trinajstić information content (AvgIpc) is 2.44. The summed E-state index contributed by atoms with van der Waals surface area (Å²) in [5.74, 6) is 1.76. The summed E-state index contributed by atoms with van der Waals surface area (Å²) in [5.41, 5.74) is 2.76. The van der Waals surface area contributed by atoms with Crippen molar-refractivity contribution in [2.24, 2.45) is 11.8 Å². The molecule has 1 aromatic heterocycles. The first-order valence-corrected chi connectivity index (χ1v) is 7.84. The number of nitrogens with one attached hydrogen (secondary N) is 1. The Hall–Kier alpha value is -0.890. The highest BCUT2D eigenvalue weighted by atomic mass is 14.9. The van der Waals surface area contributed by atoms with Crippen LogP contribution in [0.25, 0.3) is 0 Å². The zero-order valence-corrected chi connectivity index (χ0v) is 12.7. The van der Waals surface area contributed by atoms with Crippen molar-refractivity contribution in [3.8, 4) is 0 Å². The molecule has 1 aromatic rings. The average molecular weight is 260 g/mol. The fourth-order valence-electron chi connectivity index (χ4n) is 3.67. The molecule has 106 valence electrons. The number of hydrogen-bond donors (Lipinski definition) is 1. The lowest BCUT2D eigenvalue weighted by Gasteiger charge is -2.34. The Labute approximate surface area is 118 Å². The molecule has 1 aliphatic rings. The van der Waals surface area contributed by atoms with E-state index in [0.717, 1.165) is 11.8 Å². The summed E-state index contributed by atoms with van der Waals surface area (Å²) in [7, 11) is 2.09. The summed E-state index contributed by atoms with van der Waals surface area (Å²) < 4.78 is 0. The highest BCUT2D eigenvalue weighted by Crippen LogP contribution is 2.38. The van der Waals surface area contributed by atoms with Crippen LogP contribution in [0.1, 0.15) is 62.6 Å². The first kappa shape index (κ1) is 14.5. The van der Waals surface area contributed by atoms with Crippen molar-refractivity contribution in [3.05, 3.63) is 29.6 Å². The van der Waals surface area contributed by atoms with Gasteiger partial charge in [0.2, 0.25) is 0 Å². The van der Waals surface area contributed by atoms with E-state index in [2.05, 4.69) is 43.5 Å². The zero-order valence-electron chi connectivity index (χ0n) is 12.7. The maximum absolute atomic E-state index is 4.31. The van der Waals surface area contributed by atoms with Gasteiger partial charge in [-0.05, 0) is 55.8 Å². The second kappa shape index (κ2) is 7.04. The van der Waals surface area contributed by atoms with E-state index in [1.54, 1.807) is 0 Å². The number of aryl methyl sites for hydroxylation is 1. The molecule has 1 saturated carbocycles. The van der Waals surface area contributed by atoms with Gasteiger partial charge in [-0.25, -0.2) is 0 Å². The topological polar surface area (TPSA) is 24.9 Å². The van der Waals surface area contributed by atoms with E-state index in [1.807, 2.05) is 6.20 Å². The Morgan fingerprint density at radius 3 is 2.63 bits per heavy atom. The number of aromatic nitrogens is 1. The smallest absolute Gasteiger partial charge is 0.0364 e. The lowest BCUT2D eigenvalue weighted by atomic mass is 9.75. The molecule has 1 aliphatic carbocycles. The number of pyridine rings is 1. The first-order chi connectivity index (χ1) is 9.26. The molecule has 0 amide bonds. The molecule has 0 spiro atoms. The van der Waals surface area contributed by atoms with Crippen molar-refractivity contribution in [1.29, 1.82) is 0 Å². The molecule has 2 heteroatoms. The van der Waals surface area contributed by atoms with Crippen molar-refractivity contribution < 1.29 is 0 Å². The van der Waals surface area contributed by atoms with Crippen LogP contribution in [0, 0.1) is 18.8 Å². The van der Waals surface area contributed by atoms with Crippen molar-refractivity contribution in [1.82, 2.24) is 10.3 Å². The normalized spacial score (nSPS) is 25.2. The predicted molar refractivity (Wildman–Crippen MR) is 81.1 cm³/mol. The molecule has 0 radical (unpaired) electrons. The largest absolute Gasteiger partial charge is 0.313 e. The summed E-state index contributed by atoms with van der Waals surface area (Å²) in [4.78, 5) is 4.31. The van der Waals surface area contributed by atoms with Gasteiger partial charge in [-0.15, -0.1) is 0 Å². The van der Waals surface area contributed by atoms with E-state index in [1.165, 1.54) is 49.7 Å². The van der Waals surface area contributed by atoms with E-state index >= 15 is 0 Å². The van der Waals surface area contributed by atoms with Crippen LogP contribution in [0.5, 0.6) is 0 Å². The van der Waals surface area contributed by atoms with Gasteiger partial charge in [0.1, 0.15) is 0 Å². The molecule has 0 bridgehead atoms. The highest BCUT2D eigenvalue weighted by molar-refractivity contribution is 5.25. The minimum absolute atomic E-state index is 0.483. The predicted octanol–water partition coefficient (Wildman–Crippen LogP) is 4.26. The van der Waals surface area contributed by atoms with E-state index in [9.17, 15) is 0 Å². The maximum Gasteiger partial charge on any atom is 0.0364 e. The van der Waals surface area contributed by atoms with Crippen molar-refractivity contribution in [2.45, 2.75) is 58.4 Å². The van der Waals surface area contributed by atoms with Gasteiger partial charge in [0.15, 0.2) is 0 Å². The van der Waals surface area contributed by atoms with E-state index in [0.29, 0.717) is 6.04 Å². The molecule has 2 rings (SSSR count). The Morgan fingerprint density at radius 1 is 1.32 bits per heavy atom. The molecule has 0 aliphatic heterocycles. The van der Waals surface area contributed by atoms with Crippen LogP contribution in [0.3, 0.4) is 0 Å². The summed E-state index contributed by atoms with van der Waals surface area (Å²) >= 11 is 0. The van der Waals surface area contributed by atoms with Gasteiger partial charge in [0.05, 0.1) is 0 Å². The molecule has 1 heterocycles. The number of hydrogen-bond acceptors (Lipinski definition) is 2. The summed E-state index contributed by atoms with van der Waals surface area (Å²) in [6.07, 6.45) is 12.3. The van der Waals surface area contributed by atoms with Crippen molar-refractivity contribution >= 4 is 0 Å². The van der Waals surface area contributed by atoms with Gasteiger partial charge < -0.3 is 5.32 Å². The highest BCUT2D eigenvalue weighted by Gasteiger charge is 2.28. The third-order valence-corrected chi connectivity index (χ3v) is 4.79. The van der Waals surface area contributed by atoms with E-state index in [4.69, 9.17) is 0 Å². The Morgan fingerprint density at radius 2 is 2.05 bits per heavy atom. The lowest BCUT2D eigenvalue weighted by Crippen LogP contribution is -2.29. The SMILES string of the molecule is CCCC1CCC(C(NC)c2cnccc2C)CC1. The molecule has 19 heavy (non-hydrogen) atoms. The number of nitrogens with zero attached hydrogens (tertiary/aromatic N) is 1. The first-order valence-electron chi connectivity index (χ1n) is 7.84. The fourth-order valence-corrected chi connectivity index (χ4v) is 3.67. The van der Waals surface area contributed by atoms with Crippen LogP contribution in [0.4, 0.5) is 0 Å². The lowest BCUT2D eigenvalue weighted by molar-refractivity contribution is 0.219. The minimum Gasteiger partial charge on any atom is -0.313 e. The second-order valence-corrected chi connectivity index (χ2v) is 6.07. The van der Waals surface area contributed by atoms with Crippen molar-refractivity contribution in [2.75, 3.05) is 7.05 Å². The summed E-state index contributed by atoms with van der Waals surface area (Å²) in [6, 6.07) is 2.61. The zero-order chi connectivity index (χ0) is 13.7. The van der Waals surface area contributed by atoms with E-state index in [-0.39, 0.29) is 0 Å². The molecule has 1 atom stereocenters. The standard InChI is InChI=1S/C17H28N2/c1-4-5-14-6-8-15(9-7-14)17(18-3)16-12-19-11-10-13(16)2/h10-12,14-15,17-18H,4-9H2,1-3H3. The fraction of sp³-hybridized carbons (Fsp3) is 0.706.